The first-order valence-corrected chi connectivity index (χ1v) is 5.53. The molecule has 1 unspecified atom stereocenters. The lowest BCUT2D eigenvalue weighted by Crippen LogP contribution is -2.11. The summed E-state index contributed by atoms with van der Waals surface area (Å²) in [7, 11) is 1.65. The van der Waals surface area contributed by atoms with Gasteiger partial charge in [0, 0.05) is 6.07 Å². The van der Waals surface area contributed by atoms with E-state index in [9.17, 15) is 0 Å². The molecule has 3 N–H and O–H groups in total. The second-order valence-electron chi connectivity index (χ2n) is 3.90. The fourth-order valence-corrected chi connectivity index (χ4v) is 1.76. The van der Waals surface area contributed by atoms with E-state index in [4.69, 9.17) is 10.5 Å². The topological polar surface area (TPSA) is 63.9 Å². The van der Waals surface area contributed by atoms with Gasteiger partial charge in [-0.2, -0.15) is 0 Å². The molecule has 0 radical (unpaired) electrons. The van der Waals surface area contributed by atoms with E-state index in [1.165, 1.54) is 0 Å². The number of methoxy groups -OCH3 is 1. The first-order chi connectivity index (χ1) is 7.74. The van der Waals surface area contributed by atoms with Gasteiger partial charge in [-0.1, -0.05) is 13.3 Å². The smallest absolute Gasteiger partial charge is 0.124 e. The summed E-state index contributed by atoms with van der Waals surface area (Å²) in [6, 6.07) is 5.76. The Kier molecular flexibility index (Phi) is 3.10. The zero-order valence-corrected chi connectivity index (χ0v) is 9.66. The van der Waals surface area contributed by atoms with Gasteiger partial charge in [0.05, 0.1) is 24.2 Å². The lowest BCUT2D eigenvalue weighted by Gasteiger charge is -2.04. The van der Waals surface area contributed by atoms with Crippen molar-refractivity contribution in [2.24, 2.45) is 5.73 Å². The monoisotopic (exact) mass is 219 g/mol. The molecule has 1 heterocycles. The minimum absolute atomic E-state index is 0.0107. The molecule has 1 aromatic heterocycles. The van der Waals surface area contributed by atoms with Crippen LogP contribution in [0.5, 0.6) is 5.75 Å². The van der Waals surface area contributed by atoms with Crippen molar-refractivity contribution in [1.29, 1.82) is 0 Å². The molecule has 0 aliphatic carbocycles. The van der Waals surface area contributed by atoms with Crippen molar-refractivity contribution in [3.05, 3.63) is 24.0 Å². The molecule has 0 saturated carbocycles. The minimum Gasteiger partial charge on any atom is -0.497 e. The van der Waals surface area contributed by atoms with Crippen LogP contribution in [0.2, 0.25) is 0 Å². The van der Waals surface area contributed by atoms with Crippen LogP contribution in [0, 0.1) is 0 Å². The third kappa shape index (κ3) is 2.02. The number of nitrogens with one attached hydrogen (secondary N) is 1. The van der Waals surface area contributed by atoms with E-state index in [1.807, 2.05) is 18.2 Å². The lowest BCUT2D eigenvalue weighted by atomic mass is 10.2. The molecule has 0 spiro atoms. The molecule has 4 heteroatoms. The summed E-state index contributed by atoms with van der Waals surface area (Å²) < 4.78 is 5.16. The summed E-state index contributed by atoms with van der Waals surface area (Å²) >= 11 is 0. The number of hydrogen-bond acceptors (Lipinski definition) is 3. The van der Waals surface area contributed by atoms with Crippen LogP contribution in [0.25, 0.3) is 11.0 Å². The van der Waals surface area contributed by atoms with E-state index in [2.05, 4.69) is 16.9 Å². The van der Waals surface area contributed by atoms with Gasteiger partial charge in [0.2, 0.25) is 0 Å². The van der Waals surface area contributed by atoms with Crippen molar-refractivity contribution in [3.63, 3.8) is 0 Å². The molecule has 0 fully saturated rings. The number of imidazole rings is 1. The molecule has 0 saturated heterocycles. The zero-order chi connectivity index (χ0) is 11.5. The molecule has 0 aliphatic rings. The summed E-state index contributed by atoms with van der Waals surface area (Å²) in [5.74, 6) is 1.68. The van der Waals surface area contributed by atoms with E-state index >= 15 is 0 Å². The van der Waals surface area contributed by atoms with Crippen molar-refractivity contribution in [3.8, 4) is 5.75 Å². The Hall–Kier alpha value is -1.55. The SMILES string of the molecule is CCCC(N)c1nc2ccc(OC)cc2[nH]1. The summed E-state index contributed by atoms with van der Waals surface area (Å²) in [5, 5.41) is 0. The highest BCUT2D eigenvalue weighted by molar-refractivity contribution is 5.76. The zero-order valence-electron chi connectivity index (χ0n) is 9.66. The average molecular weight is 219 g/mol. The summed E-state index contributed by atoms with van der Waals surface area (Å²) in [6.07, 6.45) is 2.00. The van der Waals surface area contributed by atoms with Gasteiger partial charge in [0.1, 0.15) is 11.6 Å². The van der Waals surface area contributed by atoms with Crippen molar-refractivity contribution in [2.45, 2.75) is 25.8 Å². The van der Waals surface area contributed by atoms with Crippen molar-refractivity contribution in [1.82, 2.24) is 9.97 Å². The minimum atomic E-state index is -0.0107. The third-order valence-electron chi connectivity index (χ3n) is 2.66. The highest BCUT2D eigenvalue weighted by Gasteiger charge is 2.10. The first kappa shape index (κ1) is 11.0. The van der Waals surface area contributed by atoms with Gasteiger partial charge >= 0.3 is 0 Å². The molecule has 1 aromatic carbocycles. The molecule has 2 aromatic rings. The highest BCUT2D eigenvalue weighted by atomic mass is 16.5. The molecule has 1 atom stereocenters. The van der Waals surface area contributed by atoms with Crippen LogP contribution in [0.3, 0.4) is 0 Å². The number of nitrogens with zero attached hydrogens (tertiary/aromatic N) is 1. The maximum absolute atomic E-state index is 6.01. The Morgan fingerprint density at radius 2 is 2.31 bits per heavy atom. The van der Waals surface area contributed by atoms with E-state index < -0.39 is 0 Å². The molecule has 0 bridgehead atoms. The largest absolute Gasteiger partial charge is 0.497 e. The highest BCUT2D eigenvalue weighted by Crippen LogP contribution is 2.21. The van der Waals surface area contributed by atoms with Crippen molar-refractivity contribution < 1.29 is 4.74 Å². The molecule has 4 nitrogen and oxygen atoms in total. The summed E-state index contributed by atoms with van der Waals surface area (Å²) in [5.41, 5.74) is 7.92. The molecule has 2 rings (SSSR count). The van der Waals surface area contributed by atoms with E-state index in [0.717, 1.165) is 35.4 Å². The number of nitrogens with two attached hydrogens (primary N) is 1. The number of hydrogen-bond donors (Lipinski definition) is 2. The van der Waals surface area contributed by atoms with E-state index in [-0.39, 0.29) is 6.04 Å². The van der Waals surface area contributed by atoms with Crippen LogP contribution in [-0.4, -0.2) is 17.1 Å². The van der Waals surface area contributed by atoms with E-state index in [1.54, 1.807) is 7.11 Å². The van der Waals surface area contributed by atoms with Gasteiger partial charge in [-0.15, -0.1) is 0 Å². The van der Waals surface area contributed by atoms with Gasteiger partial charge < -0.3 is 15.5 Å². The van der Waals surface area contributed by atoms with Crippen molar-refractivity contribution >= 4 is 11.0 Å². The first-order valence-electron chi connectivity index (χ1n) is 5.53. The molecule has 0 amide bonds. The van der Waals surface area contributed by atoms with Gasteiger partial charge in [0.25, 0.3) is 0 Å². The molecule has 86 valence electrons. The standard InChI is InChI=1S/C12H17N3O/c1-3-4-9(13)12-14-10-6-5-8(16-2)7-11(10)15-12/h5-7,9H,3-4,13H2,1-2H3,(H,14,15). The quantitative estimate of drug-likeness (QED) is 0.829. The van der Waals surface area contributed by atoms with Gasteiger partial charge in [0.15, 0.2) is 0 Å². The molecule has 0 aliphatic heterocycles. The summed E-state index contributed by atoms with van der Waals surface area (Å²) in [6.45, 7) is 2.12. The van der Waals surface area contributed by atoms with E-state index in [0.29, 0.717) is 0 Å². The van der Waals surface area contributed by atoms with Gasteiger partial charge in [-0.25, -0.2) is 4.98 Å². The number of rotatable bonds is 4. The maximum Gasteiger partial charge on any atom is 0.124 e. The normalized spacial score (nSPS) is 12.9. The Labute approximate surface area is 94.8 Å². The Balaban J connectivity index is 2.35. The van der Waals surface area contributed by atoms with Crippen LogP contribution in [0.4, 0.5) is 0 Å². The molecular weight excluding hydrogens is 202 g/mol. The number of aromatic nitrogens is 2. The van der Waals surface area contributed by atoms with Gasteiger partial charge in [-0.05, 0) is 18.6 Å². The van der Waals surface area contributed by atoms with Gasteiger partial charge in [-0.3, -0.25) is 0 Å². The average Bonchev–Trinajstić information content (AvgIpc) is 2.71. The fourth-order valence-electron chi connectivity index (χ4n) is 1.76. The fraction of sp³-hybridized carbons (Fsp3) is 0.417. The number of aromatic amines is 1. The van der Waals surface area contributed by atoms with Crippen LogP contribution >= 0.6 is 0 Å². The second-order valence-corrected chi connectivity index (χ2v) is 3.90. The van der Waals surface area contributed by atoms with Crippen LogP contribution in [0.1, 0.15) is 31.6 Å². The number of ether oxygens (including phenoxy) is 1. The Morgan fingerprint density at radius 3 is 3.00 bits per heavy atom. The molecule has 16 heavy (non-hydrogen) atoms. The van der Waals surface area contributed by atoms with Crippen LogP contribution in [-0.2, 0) is 0 Å². The summed E-state index contributed by atoms with van der Waals surface area (Å²) in [4.78, 5) is 7.71. The van der Waals surface area contributed by atoms with Crippen LogP contribution in [0.15, 0.2) is 18.2 Å². The Bertz CT molecular complexity index is 478. The second kappa shape index (κ2) is 4.53. The Morgan fingerprint density at radius 1 is 1.50 bits per heavy atom. The number of benzene rings is 1. The van der Waals surface area contributed by atoms with Crippen molar-refractivity contribution in [2.75, 3.05) is 7.11 Å². The number of H-pyrrole nitrogens is 1. The predicted molar refractivity (Wildman–Crippen MR) is 64.5 cm³/mol. The third-order valence-corrected chi connectivity index (χ3v) is 2.66. The predicted octanol–water partition coefficient (Wildman–Crippen LogP) is 2.37. The maximum atomic E-state index is 6.01. The number of fused-ring (bicyclic) bond motifs is 1. The van der Waals surface area contributed by atoms with Crippen LogP contribution < -0.4 is 10.5 Å². The lowest BCUT2D eigenvalue weighted by molar-refractivity contribution is 0.415. The molecular formula is C12H17N3O.